The van der Waals surface area contributed by atoms with Crippen LogP contribution in [0.3, 0.4) is 0 Å². The van der Waals surface area contributed by atoms with Crippen molar-refractivity contribution in [2.24, 2.45) is 0 Å². The topological polar surface area (TPSA) is 0 Å². The van der Waals surface area contributed by atoms with E-state index in [9.17, 15) is 0 Å². The lowest BCUT2D eigenvalue weighted by Crippen LogP contribution is -1.73. The minimum atomic E-state index is 1.28. The first-order chi connectivity index (χ1) is 14.9. The van der Waals surface area contributed by atoms with Gasteiger partial charge in [-0.15, -0.1) is 0 Å². The first-order valence-electron chi connectivity index (χ1n) is 11.5. The van der Waals surface area contributed by atoms with E-state index in [0.29, 0.717) is 0 Å². The normalized spacial score (nSPS) is 8.00. The van der Waals surface area contributed by atoms with Crippen molar-refractivity contribution in [1.29, 1.82) is 0 Å². The van der Waals surface area contributed by atoms with Crippen molar-refractivity contribution in [3.8, 4) is 11.1 Å². The third-order valence-electron chi connectivity index (χ3n) is 3.54. The zero-order chi connectivity index (χ0) is 23.0. The van der Waals surface area contributed by atoms with E-state index in [1.807, 2.05) is 67.5 Å². The molecule has 0 radical (unpaired) electrons. The summed E-state index contributed by atoms with van der Waals surface area (Å²) < 4.78 is 0. The molecule has 0 saturated carbocycles. The Morgan fingerprint density at radius 1 is 0.267 bits per heavy atom. The van der Waals surface area contributed by atoms with Crippen molar-refractivity contribution in [3.05, 3.63) is 109 Å². The predicted molar refractivity (Wildman–Crippen MR) is 141 cm³/mol. The molecular formula is C30H42. The number of benzene rings is 4. The Balaban J connectivity index is 0. The first kappa shape index (κ1) is 29.3. The van der Waals surface area contributed by atoms with Crippen LogP contribution in [0.4, 0.5) is 0 Å². The van der Waals surface area contributed by atoms with Gasteiger partial charge in [0.2, 0.25) is 0 Å². The van der Waals surface area contributed by atoms with E-state index in [-0.39, 0.29) is 0 Å². The third-order valence-corrected chi connectivity index (χ3v) is 3.54. The Morgan fingerprint density at radius 3 is 0.700 bits per heavy atom. The van der Waals surface area contributed by atoms with Gasteiger partial charge >= 0.3 is 0 Å². The summed E-state index contributed by atoms with van der Waals surface area (Å²) in [6, 6.07) is 37.5. The van der Waals surface area contributed by atoms with Crippen LogP contribution in [0.1, 0.15) is 55.4 Å². The molecule has 0 spiro atoms. The molecule has 0 aliphatic rings. The highest BCUT2D eigenvalue weighted by Gasteiger charge is 1.91. The average molecular weight is 403 g/mol. The summed E-state index contributed by atoms with van der Waals surface area (Å²) in [5, 5.41) is 2.62. The second kappa shape index (κ2) is 22.4. The fourth-order valence-electron chi connectivity index (χ4n) is 2.39. The maximum atomic E-state index is 2.12. The molecule has 162 valence electrons. The molecule has 0 fully saturated rings. The Bertz CT molecular complexity index is 715. The highest BCUT2D eigenvalue weighted by Crippen LogP contribution is 2.17. The highest BCUT2D eigenvalue weighted by molar-refractivity contribution is 5.82. The van der Waals surface area contributed by atoms with Crippen molar-refractivity contribution in [2.45, 2.75) is 55.4 Å². The lowest BCUT2D eigenvalue weighted by atomic mass is 10.1. The molecular weight excluding hydrogens is 360 g/mol. The Labute approximate surface area is 186 Å². The van der Waals surface area contributed by atoms with Crippen molar-refractivity contribution in [1.82, 2.24) is 0 Å². The first-order valence-corrected chi connectivity index (χ1v) is 11.5. The SMILES string of the molecule is CC.CC.CC.CC.c1ccc(-c2ccccc2)cc1.c1ccc2ccccc2c1. The summed E-state index contributed by atoms with van der Waals surface area (Å²) in [5.41, 5.74) is 2.55. The molecule has 0 heterocycles. The average Bonchev–Trinajstić information content (AvgIpc) is 2.90. The summed E-state index contributed by atoms with van der Waals surface area (Å²) in [6.45, 7) is 16.0. The second-order valence-corrected chi connectivity index (χ2v) is 5.08. The van der Waals surface area contributed by atoms with Crippen LogP contribution in [-0.4, -0.2) is 0 Å². The minimum absolute atomic E-state index is 1.28. The molecule has 30 heavy (non-hydrogen) atoms. The van der Waals surface area contributed by atoms with E-state index < -0.39 is 0 Å². The van der Waals surface area contributed by atoms with Gasteiger partial charge < -0.3 is 0 Å². The van der Waals surface area contributed by atoms with Gasteiger partial charge in [0, 0.05) is 0 Å². The van der Waals surface area contributed by atoms with Crippen LogP contribution in [-0.2, 0) is 0 Å². The van der Waals surface area contributed by atoms with Crippen LogP contribution >= 0.6 is 0 Å². The van der Waals surface area contributed by atoms with Crippen LogP contribution in [0.2, 0.25) is 0 Å². The fraction of sp³-hybridized carbons (Fsp3) is 0.267. The summed E-state index contributed by atoms with van der Waals surface area (Å²) >= 11 is 0. The van der Waals surface area contributed by atoms with Gasteiger partial charge in [-0.3, -0.25) is 0 Å². The molecule has 0 aliphatic heterocycles. The van der Waals surface area contributed by atoms with Crippen molar-refractivity contribution >= 4 is 10.8 Å². The van der Waals surface area contributed by atoms with Gasteiger partial charge in [0.15, 0.2) is 0 Å². The minimum Gasteiger partial charge on any atom is -0.0683 e. The molecule has 0 aromatic heterocycles. The molecule has 0 aliphatic carbocycles. The number of fused-ring (bicyclic) bond motifs is 1. The van der Waals surface area contributed by atoms with Gasteiger partial charge in [0.1, 0.15) is 0 Å². The summed E-state index contributed by atoms with van der Waals surface area (Å²) in [6.07, 6.45) is 0. The van der Waals surface area contributed by atoms with Gasteiger partial charge in [-0.2, -0.15) is 0 Å². The monoisotopic (exact) mass is 402 g/mol. The molecule has 0 amide bonds. The molecule has 4 rings (SSSR count). The second-order valence-electron chi connectivity index (χ2n) is 5.08. The molecule has 0 atom stereocenters. The molecule has 0 N–H and O–H groups in total. The van der Waals surface area contributed by atoms with E-state index in [1.165, 1.54) is 21.9 Å². The van der Waals surface area contributed by atoms with Crippen LogP contribution in [0, 0.1) is 0 Å². The van der Waals surface area contributed by atoms with Gasteiger partial charge in [-0.25, -0.2) is 0 Å². The quantitative estimate of drug-likeness (QED) is 0.297. The van der Waals surface area contributed by atoms with Crippen molar-refractivity contribution in [3.63, 3.8) is 0 Å². The van der Waals surface area contributed by atoms with Crippen molar-refractivity contribution < 1.29 is 0 Å². The van der Waals surface area contributed by atoms with E-state index in [4.69, 9.17) is 0 Å². The smallest absolute Gasteiger partial charge is 0.0184 e. The molecule has 0 nitrogen and oxygen atoms in total. The fourth-order valence-corrected chi connectivity index (χ4v) is 2.39. The lowest BCUT2D eigenvalue weighted by Gasteiger charge is -1.98. The third kappa shape index (κ3) is 11.9. The van der Waals surface area contributed by atoms with E-state index in [0.717, 1.165) is 0 Å². The Kier molecular flexibility index (Phi) is 21.9. The number of rotatable bonds is 1. The molecule has 4 aromatic carbocycles. The standard InChI is InChI=1S/C12H10.C10H8.4C2H6/c1-3-7-11(8-4-1)12-9-5-2-6-10-12;1-2-6-10-8-4-3-7-9(10)5-1;4*1-2/h1-10H;1-8H;4*1-2H3. The molecule has 0 heteroatoms. The van der Waals surface area contributed by atoms with Crippen LogP contribution < -0.4 is 0 Å². The Hall–Kier alpha value is -2.86. The van der Waals surface area contributed by atoms with E-state index in [2.05, 4.69) is 97.1 Å². The largest absolute Gasteiger partial charge is 0.0683 e. The van der Waals surface area contributed by atoms with Gasteiger partial charge in [0.25, 0.3) is 0 Å². The van der Waals surface area contributed by atoms with Crippen LogP contribution in [0.15, 0.2) is 109 Å². The molecule has 0 unspecified atom stereocenters. The zero-order valence-electron chi connectivity index (χ0n) is 20.4. The van der Waals surface area contributed by atoms with E-state index in [1.54, 1.807) is 0 Å². The molecule has 0 saturated heterocycles. The summed E-state index contributed by atoms with van der Waals surface area (Å²) in [4.78, 5) is 0. The zero-order valence-corrected chi connectivity index (χ0v) is 20.4. The maximum Gasteiger partial charge on any atom is -0.0184 e. The van der Waals surface area contributed by atoms with Gasteiger partial charge in [-0.05, 0) is 21.9 Å². The number of hydrogen-bond donors (Lipinski definition) is 0. The number of hydrogen-bond acceptors (Lipinski definition) is 0. The molecule has 0 bridgehead atoms. The highest BCUT2D eigenvalue weighted by atomic mass is 14.0. The van der Waals surface area contributed by atoms with Crippen molar-refractivity contribution in [2.75, 3.05) is 0 Å². The van der Waals surface area contributed by atoms with E-state index >= 15 is 0 Å². The molecule has 4 aromatic rings. The summed E-state index contributed by atoms with van der Waals surface area (Å²) in [7, 11) is 0. The maximum absolute atomic E-state index is 2.12. The van der Waals surface area contributed by atoms with Crippen LogP contribution in [0.25, 0.3) is 21.9 Å². The van der Waals surface area contributed by atoms with Gasteiger partial charge in [0.05, 0.1) is 0 Å². The predicted octanol–water partition coefficient (Wildman–Crippen LogP) is 10.3. The lowest BCUT2D eigenvalue weighted by molar-refractivity contribution is 1.50. The van der Waals surface area contributed by atoms with Gasteiger partial charge in [-0.1, -0.05) is 165 Å². The summed E-state index contributed by atoms with van der Waals surface area (Å²) in [5.74, 6) is 0. The Morgan fingerprint density at radius 2 is 0.467 bits per heavy atom. The van der Waals surface area contributed by atoms with Crippen LogP contribution in [0.5, 0.6) is 0 Å².